The average molecular weight is 479 g/mol. The molecular formula is C29H46N6. The van der Waals surface area contributed by atoms with Crippen molar-refractivity contribution in [2.45, 2.75) is 105 Å². The van der Waals surface area contributed by atoms with E-state index in [1.165, 1.54) is 11.1 Å². The summed E-state index contributed by atoms with van der Waals surface area (Å²) in [5, 5.41) is 17.6. The molecule has 3 rings (SSSR count). The second-order valence-corrected chi connectivity index (χ2v) is 12.0. The molecule has 0 saturated heterocycles. The summed E-state index contributed by atoms with van der Waals surface area (Å²) in [6.07, 6.45) is 10.4. The SMILES string of the molecule is CCC(CC(C)Cc1ccc(CC(C)(C)n2cc(CC(C)C)nn2)cc1)n1cc(CC(C)C)nn1. The van der Waals surface area contributed by atoms with Crippen molar-refractivity contribution in [3.05, 3.63) is 59.2 Å². The number of benzene rings is 1. The van der Waals surface area contributed by atoms with Gasteiger partial charge in [-0.3, -0.25) is 0 Å². The molecule has 2 atom stereocenters. The lowest BCUT2D eigenvalue weighted by atomic mass is 9.91. The topological polar surface area (TPSA) is 61.4 Å². The Bertz CT molecular complexity index is 1030. The third-order valence-electron chi connectivity index (χ3n) is 6.72. The summed E-state index contributed by atoms with van der Waals surface area (Å²) < 4.78 is 4.12. The maximum Gasteiger partial charge on any atom is 0.0829 e. The highest BCUT2D eigenvalue weighted by molar-refractivity contribution is 5.24. The predicted molar refractivity (Wildman–Crippen MR) is 143 cm³/mol. The summed E-state index contributed by atoms with van der Waals surface area (Å²) in [6.45, 7) is 18.0. The van der Waals surface area contributed by atoms with Crippen LogP contribution in [-0.4, -0.2) is 30.0 Å². The van der Waals surface area contributed by atoms with E-state index in [0.717, 1.165) is 49.9 Å². The smallest absolute Gasteiger partial charge is 0.0829 e. The highest BCUT2D eigenvalue weighted by Crippen LogP contribution is 2.25. The first-order valence-electron chi connectivity index (χ1n) is 13.5. The first-order chi connectivity index (χ1) is 16.6. The summed E-state index contributed by atoms with van der Waals surface area (Å²) in [4.78, 5) is 0. The van der Waals surface area contributed by atoms with Gasteiger partial charge >= 0.3 is 0 Å². The van der Waals surface area contributed by atoms with Crippen molar-refractivity contribution in [3.63, 3.8) is 0 Å². The molecule has 2 heterocycles. The minimum atomic E-state index is -0.113. The number of hydrogen-bond acceptors (Lipinski definition) is 4. The summed E-state index contributed by atoms with van der Waals surface area (Å²) in [6, 6.07) is 9.56. The van der Waals surface area contributed by atoms with E-state index in [2.05, 4.69) is 117 Å². The van der Waals surface area contributed by atoms with Crippen LogP contribution in [0.15, 0.2) is 36.7 Å². The lowest BCUT2D eigenvalue weighted by molar-refractivity contribution is 0.309. The van der Waals surface area contributed by atoms with Gasteiger partial charge in [-0.1, -0.05) is 76.2 Å². The monoisotopic (exact) mass is 478 g/mol. The maximum atomic E-state index is 4.44. The molecule has 3 aromatic rings. The molecule has 0 N–H and O–H groups in total. The van der Waals surface area contributed by atoms with Crippen LogP contribution in [0.4, 0.5) is 0 Å². The number of aromatic nitrogens is 6. The van der Waals surface area contributed by atoms with E-state index in [-0.39, 0.29) is 5.54 Å². The van der Waals surface area contributed by atoms with E-state index < -0.39 is 0 Å². The van der Waals surface area contributed by atoms with Crippen molar-refractivity contribution < 1.29 is 0 Å². The van der Waals surface area contributed by atoms with E-state index in [0.29, 0.717) is 23.8 Å². The first kappa shape index (κ1) is 27.1. The standard InChI is InChI=1S/C29H46N6/c1-9-28(34-19-26(30-32-34)14-21(2)3)17-23(6)16-24-10-12-25(13-11-24)18-29(7,8)35-20-27(31-33-35)15-22(4)5/h10-13,19-23,28H,9,14-18H2,1-8H3. The van der Waals surface area contributed by atoms with Crippen LogP contribution in [0.2, 0.25) is 0 Å². The first-order valence-corrected chi connectivity index (χ1v) is 13.5. The Morgan fingerprint density at radius 1 is 0.771 bits per heavy atom. The summed E-state index contributed by atoms with van der Waals surface area (Å²) in [5.74, 6) is 1.77. The van der Waals surface area contributed by atoms with E-state index >= 15 is 0 Å². The molecule has 35 heavy (non-hydrogen) atoms. The van der Waals surface area contributed by atoms with E-state index in [1.807, 2.05) is 4.68 Å². The molecule has 6 nitrogen and oxygen atoms in total. The molecule has 1 aromatic carbocycles. The average Bonchev–Trinajstić information content (AvgIpc) is 3.42. The lowest BCUT2D eigenvalue weighted by Crippen LogP contribution is -2.29. The molecule has 0 amide bonds. The van der Waals surface area contributed by atoms with Gasteiger partial charge in [-0.15, -0.1) is 10.2 Å². The highest BCUT2D eigenvalue weighted by Gasteiger charge is 2.23. The van der Waals surface area contributed by atoms with Crippen molar-refractivity contribution in [1.29, 1.82) is 0 Å². The van der Waals surface area contributed by atoms with Crippen molar-refractivity contribution in [3.8, 4) is 0 Å². The third kappa shape index (κ3) is 8.01. The largest absolute Gasteiger partial charge is 0.249 e. The van der Waals surface area contributed by atoms with Crippen LogP contribution in [0.5, 0.6) is 0 Å². The highest BCUT2D eigenvalue weighted by atomic mass is 15.4. The molecule has 0 aliphatic rings. The van der Waals surface area contributed by atoms with Gasteiger partial charge in [0.25, 0.3) is 0 Å². The van der Waals surface area contributed by atoms with E-state index in [4.69, 9.17) is 0 Å². The Morgan fingerprint density at radius 2 is 1.34 bits per heavy atom. The molecule has 0 bridgehead atoms. The number of nitrogens with zero attached hydrogens (tertiary/aromatic N) is 6. The van der Waals surface area contributed by atoms with Crippen LogP contribution in [0.3, 0.4) is 0 Å². The van der Waals surface area contributed by atoms with Gasteiger partial charge in [-0.05, 0) is 81.3 Å². The van der Waals surface area contributed by atoms with Crippen molar-refractivity contribution in [2.75, 3.05) is 0 Å². The van der Waals surface area contributed by atoms with E-state index in [9.17, 15) is 0 Å². The second kappa shape index (κ2) is 12.0. The number of rotatable bonds is 13. The zero-order chi connectivity index (χ0) is 25.6. The Labute approximate surface area is 212 Å². The van der Waals surface area contributed by atoms with Gasteiger partial charge in [0, 0.05) is 12.4 Å². The number of hydrogen-bond donors (Lipinski definition) is 0. The Balaban J connectivity index is 1.56. The molecule has 2 unspecified atom stereocenters. The van der Waals surface area contributed by atoms with Crippen LogP contribution >= 0.6 is 0 Å². The second-order valence-electron chi connectivity index (χ2n) is 12.0. The Hall–Kier alpha value is -2.50. The molecule has 2 aromatic heterocycles. The quantitative estimate of drug-likeness (QED) is 0.283. The molecular weight excluding hydrogens is 432 g/mol. The van der Waals surface area contributed by atoms with Gasteiger partial charge in [0.15, 0.2) is 0 Å². The van der Waals surface area contributed by atoms with Crippen molar-refractivity contribution in [1.82, 2.24) is 30.0 Å². The summed E-state index contributed by atoms with van der Waals surface area (Å²) in [5.41, 5.74) is 4.79. The van der Waals surface area contributed by atoms with Crippen LogP contribution < -0.4 is 0 Å². The fourth-order valence-electron chi connectivity index (χ4n) is 4.90. The maximum absolute atomic E-state index is 4.44. The van der Waals surface area contributed by atoms with E-state index in [1.54, 1.807) is 0 Å². The minimum absolute atomic E-state index is 0.113. The van der Waals surface area contributed by atoms with Crippen LogP contribution in [0, 0.1) is 17.8 Å². The third-order valence-corrected chi connectivity index (χ3v) is 6.72. The van der Waals surface area contributed by atoms with Gasteiger partial charge in [0.1, 0.15) is 0 Å². The molecule has 0 fully saturated rings. The van der Waals surface area contributed by atoms with Crippen LogP contribution in [-0.2, 0) is 31.2 Å². The molecule has 0 aliphatic carbocycles. The van der Waals surface area contributed by atoms with Gasteiger partial charge in [-0.2, -0.15) is 0 Å². The molecule has 0 saturated carbocycles. The predicted octanol–water partition coefficient (Wildman–Crippen LogP) is 6.46. The van der Waals surface area contributed by atoms with Gasteiger partial charge in [0.2, 0.25) is 0 Å². The fourth-order valence-corrected chi connectivity index (χ4v) is 4.90. The zero-order valence-electron chi connectivity index (χ0n) is 23.2. The Kier molecular flexibility index (Phi) is 9.26. The van der Waals surface area contributed by atoms with Crippen molar-refractivity contribution in [2.24, 2.45) is 17.8 Å². The van der Waals surface area contributed by atoms with Gasteiger partial charge < -0.3 is 0 Å². The zero-order valence-corrected chi connectivity index (χ0v) is 23.2. The summed E-state index contributed by atoms with van der Waals surface area (Å²) >= 11 is 0. The molecule has 192 valence electrons. The van der Waals surface area contributed by atoms with Gasteiger partial charge in [0.05, 0.1) is 23.0 Å². The molecule has 6 heteroatoms. The normalized spacial score (nSPS) is 14.1. The molecule has 0 radical (unpaired) electrons. The molecule has 0 spiro atoms. The Morgan fingerprint density at radius 3 is 1.94 bits per heavy atom. The lowest BCUT2D eigenvalue weighted by Gasteiger charge is -2.25. The van der Waals surface area contributed by atoms with Crippen LogP contribution in [0.25, 0.3) is 0 Å². The fraction of sp³-hybridized carbons (Fsp3) is 0.655. The molecule has 0 aliphatic heterocycles. The van der Waals surface area contributed by atoms with Gasteiger partial charge in [-0.25, -0.2) is 9.36 Å². The van der Waals surface area contributed by atoms with Crippen LogP contribution in [0.1, 0.15) is 96.8 Å². The minimum Gasteiger partial charge on any atom is -0.249 e. The van der Waals surface area contributed by atoms with Crippen molar-refractivity contribution >= 4 is 0 Å². The summed E-state index contributed by atoms with van der Waals surface area (Å²) in [7, 11) is 0.